The quantitative estimate of drug-likeness (QED) is 0.346. The van der Waals surface area contributed by atoms with Gasteiger partial charge in [0.2, 0.25) is 0 Å². The van der Waals surface area contributed by atoms with Gasteiger partial charge in [0.1, 0.15) is 5.78 Å². The summed E-state index contributed by atoms with van der Waals surface area (Å²) in [4.78, 5) is 11.8. The summed E-state index contributed by atoms with van der Waals surface area (Å²) in [6.45, 7) is 10.7. The highest BCUT2D eigenvalue weighted by Gasteiger charge is 2.39. The molecule has 0 N–H and O–H groups in total. The van der Waals surface area contributed by atoms with Crippen molar-refractivity contribution in [1.29, 1.82) is 0 Å². The molecule has 0 aliphatic rings. The molecule has 0 aliphatic heterocycles. The van der Waals surface area contributed by atoms with Gasteiger partial charge in [-0.1, -0.05) is 20.8 Å². The summed E-state index contributed by atoms with van der Waals surface area (Å²) < 4.78 is 27.3. The first-order valence-corrected chi connectivity index (χ1v) is 11.0. The number of carbonyl (C=O) groups excluding carboxylic acids is 1. The van der Waals surface area contributed by atoms with Crippen molar-refractivity contribution in [3.8, 4) is 0 Å². The Balaban J connectivity index is 4.95. The van der Waals surface area contributed by atoms with Crippen LogP contribution in [0.15, 0.2) is 0 Å². The zero-order valence-corrected chi connectivity index (χ0v) is 16.2. The van der Waals surface area contributed by atoms with Crippen LogP contribution in [0.2, 0.25) is 18.1 Å². The second kappa shape index (κ2) is 9.11. The molecule has 0 aromatic rings. The maximum atomic E-state index is 11.8. The molecule has 21 heavy (non-hydrogen) atoms. The van der Waals surface area contributed by atoms with Crippen molar-refractivity contribution in [2.45, 2.75) is 64.1 Å². The number of Topliss-reactive ketones (excluding diaryl/α,β-unsaturated/α-hetero) is 1. The van der Waals surface area contributed by atoms with Crippen LogP contribution in [0.5, 0.6) is 0 Å². The van der Waals surface area contributed by atoms with Crippen molar-refractivity contribution in [3.05, 3.63) is 0 Å². The van der Waals surface area contributed by atoms with Crippen LogP contribution in [0.1, 0.15) is 33.6 Å². The Morgan fingerprint density at radius 1 is 1.19 bits per heavy atom. The van der Waals surface area contributed by atoms with E-state index in [1.807, 2.05) is 0 Å². The van der Waals surface area contributed by atoms with E-state index < -0.39 is 14.6 Å². The molecule has 0 aliphatic carbocycles. The lowest BCUT2D eigenvalue weighted by atomic mass is 10.1. The summed E-state index contributed by atoms with van der Waals surface area (Å²) in [5.41, 5.74) is 0. The molecule has 5 nitrogen and oxygen atoms in total. The summed E-state index contributed by atoms with van der Waals surface area (Å²) in [6.07, 6.45) is 0.0796. The van der Waals surface area contributed by atoms with E-state index in [0.717, 1.165) is 0 Å². The largest absolute Gasteiger partial charge is 0.413 e. The van der Waals surface area contributed by atoms with Crippen LogP contribution >= 0.6 is 8.46 Å². The van der Waals surface area contributed by atoms with E-state index in [0.29, 0.717) is 6.42 Å². The third kappa shape index (κ3) is 7.61. The van der Waals surface area contributed by atoms with E-state index in [-0.39, 0.29) is 38.0 Å². The monoisotopic (exact) mass is 336 g/mol. The van der Waals surface area contributed by atoms with Crippen LogP contribution < -0.4 is 0 Å². The van der Waals surface area contributed by atoms with E-state index >= 15 is 0 Å². The first-order chi connectivity index (χ1) is 9.57. The van der Waals surface area contributed by atoms with Crippen LogP contribution in [0.25, 0.3) is 0 Å². The van der Waals surface area contributed by atoms with E-state index in [1.165, 1.54) is 0 Å². The minimum atomic E-state index is -1.99. The lowest BCUT2D eigenvalue weighted by Crippen LogP contribution is -2.45. The van der Waals surface area contributed by atoms with Gasteiger partial charge in [-0.15, -0.1) is 0 Å². The topological polar surface area (TPSA) is 61.8 Å². The first-order valence-electron chi connectivity index (χ1n) is 7.11. The molecule has 0 amide bonds. The van der Waals surface area contributed by atoms with Gasteiger partial charge < -0.3 is 13.9 Å². The lowest BCUT2D eigenvalue weighted by molar-refractivity contribution is -0.128. The van der Waals surface area contributed by atoms with Crippen molar-refractivity contribution >= 4 is 22.6 Å². The third-order valence-electron chi connectivity index (χ3n) is 3.94. The molecule has 0 spiro atoms. The molecule has 0 unspecified atom stereocenters. The summed E-state index contributed by atoms with van der Waals surface area (Å²) in [5.74, 6) is -0.0682. The summed E-state index contributed by atoms with van der Waals surface area (Å²) >= 11 is 0. The van der Waals surface area contributed by atoms with E-state index in [4.69, 9.17) is 13.9 Å². The molecule has 1 atom stereocenters. The maximum Gasteiger partial charge on any atom is 0.192 e. The maximum absolute atomic E-state index is 11.8. The standard InChI is InChI=1S/C14H29O5PSi/c1-14(2,3)21(6,7)19-12(8-11(15)10-20-16)9-13(17-4)18-5/h12-13H,8-10H2,1-7H3/t12-/m0/s1. The Kier molecular flexibility index (Phi) is 9.05. The van der Waals surface area contributed by atoms with Gasteiger partial charge in [-0.2, -0.15) is 0 Å². The number of hydrogen-bond acceptors (Lipinski definition) is 5. The van der Waals surface area contributed by atoms with Crippen LogP contribution in [0.3, 0.4) is 0 Å². The van der Waals surface area contributed by atoms with E-state index in [9.17, 15) is 9.36 Å². The number of methoxy groups -OCH3 is 2. The lowest BCUT2D eigenvalue weighted by Gasteiger charge is -2.39. The van der Waals surface area contributed by atoms with Crippen molar-refractivity contribution in [2.75, 3.05) is 20.4 Å². The number of hydrogen-bond donors (Lipinski definition) is 0. The van der Waals surface area contributed by atoms with Crippen molar-refractivity contribution in [1.82, 2.24) is 0 Å². The summed E-state index contributed by atoms with van der Waals surface area (Å²) in [7, 11) is 0.989. The highest BCUT2D eigenvalue weighted by atomic mass is 31.1. The van der Waals surface area contributed by atoms with Crippen LogP contribution in [-0.2, 0) is 23.3 Å². The minimum Gasteiger partial charge on any atom is -0.413 e. The Labute approximate surface area is 131 Å². The van der Waals surface area contributed by atoms with Gasteiger partial charge in [-0.3, -0.25) is 9.36 Å². The van der Waals surface area contributed by atoms with Crippen molar-refractivity contribution < 1.29 is 23.3 Å². The molecule has 0 aromatic heterocycles. The summed E-state index contributed by atoms with van der Waals surface area (Å²) in [5, 5.41) is 0.0563. The van der Waals surface area contributed by atoms with Gasteiger partial charge in [-0.25, -0.2) is 0 Å². The van der Waals surface area contributed by atoms with Crippen LogP contribution in [-0.4, -0.2) is 46.9 Å². The molecular weight excluding hydrogens is 307 g/mol. The van der Waals surface area contributed by atoms with Gasteiger partial charge >= 0.3 is 0 Å². The molecule has 0 saturated heterocycles. The van der Waals surface area contributed by atoms with Gasteiger partial charge in [0.15, 0.2) is 23.1 Å². The predicted octanol–water partition coefficient (Wildman–Crippen LogP) is 3.64. The molecule has 0 rings (SSSR count). The highest BCUT2D eigenvalue weighted by molar-refractivity contribution is 7.25. The van der Waals surface area contributed by atoms with Crippen LogP contribution in [0.4, 0.5) is 0 Å². The molecule has 0 aromatic carbocycles. The first kappa shape index (κ1) is 20.9. The Morgan fingerprint density at radius 3 is 2.10 bits per heavy atom. The minimum absolute atomic E-state index is 0.0298. The molecule has 0 saturated carbocycles. The Hall–Kier alpha value is -0.133. The third-order valence-corrected chi connectivity index (χ3v) is 8.96. The highest BCUT2D eigenvalue weighted by Crippen LogP contribution is 2.38. The second-order valence-electron chi connectivity index (χ2n) is 6.67. The Bertz CT molecular complexity index is 337. The van der Waals surface area contributed by atoms with Crippen molar-refractivity contribution in [2.24, 2.45) is 0 Å². The van der Waals surface area contributed by atoms with Gasteiger partial charge in [-0.05, 0) is 18.1 Å². The molecule has 0 radical (unpaired) electrons. The summed E-state index contributed by atoms with van der Waals surface area (Å²) in [6, 6.07) is 0. The zero-order valence-electron chi connectivity index (χ0n) is 14.3. The number of ketones is 1. The fraction of sp³-hybridized carbons (Fsp3) is 0.929. The molecular formula is C14H29O5PSi. The smallest absolute Gasteiger partial charge is 0.192 e. The molecule has 0 bridgehead atoms. The van der Waals surface area contributed by atoms with Gasteiger partial charge in [0, 0.05) is 27.1 Å². The average Bonchev–Trinajstić information content (AvgIpc) is 2.34. The zero-order chi connectivity index (χ0) is 16.7. The van der Waals surface area contributed by atoms with E-state index in [2.05, 4.69) is 33.9 Å². The number of carbonyl (C=O) groups is 1. The second-order valence-corrected chi connectivity index (χ2v) is 12.0. The van der Waals surface area contributed by atoms with E-state index in [1.54, 1.807) is 14.2 Å². The van der Waals surface area contributed by atoms with Gasteiger partial charge in [0.25, 0.3) is 0 Å². The normalized spacial score (nSPS) is 14.7. The Morgan fingerprint density at radius 2 is 1.71 bits per heavy atom. The number of rotatable bonds is 10. The molecule has 7 heteroatoms. The molecule has 124 valence electrons. The average molecular weight is 336 g/mol. The fourth-order valence-corrected chi connectivity index (χ4v) is 3.30. The van der Waals surface area contributed by atoms with Crippen LogP contribution in [0, 0.1) is 0 Å². The van der Waals surface area contributed by atoms with Crippen molar-refractivity contribution in [3.63, 3.8) is 0 Å². The molecule has 0 heterocycles. The number of ether oxygens (including phenoxy) is 2. The van der Waals surface area contributed by atoms with Gasteiger partial charge in [0.05, 0.1) is 12.3 Å². The predicted molar refractivity (Wildman–Crippen MR) is 86.6 cm³/mol. The molecule has 0 fully saturated rings. The SMILES string of the molecule is COC(C[C@H](CC(=O)CP=O)O[Si](C)(C)C(C)(C)C)OC. The fourth-order valence-electron chi connectivity index (χ4n) is 1.66.